The van der Waals surface area contributed by atoms with Crippen molar-refractivity contribution in [3.8, 4) is 28.8 Å². The van der Waals surface area contributed by atoms with Gasteiger partial charge in [-0.15, -0.1) is 0 Å². The highest BCUT2D eigenvalue weighted by Gasteiger charge is 2.17. The maximum Gasteiger partial charge on any atom is 0.119 e. The van der Waals surface area contributed by atoms with E-state index >= 15 is 0 Å². The molecule has 0 aliphatic heterocycles. The molecular formula is C20H13ClN4O. The maximum absolute atomic E-state index is 9.52. The molecule has 0 fully saturated rings. The summed E-state index contributed by atoms with van der Waals surface area (Å²) in [6, 6.07) is 17.3. The molecule has 0 spiro atoms. The highest BCUT2D eigenvalue weighted by Crippen LogP contribution is 2.32. The van der Waals surface area contributed by atoms with E-state index in [1.807, 2.05) is 53.1 Å². The molecule has 2 heterocycles. The smallest absolute Gasteiger partial charge is 0.119 e. The molecule has 0 saturated carbocycles. The number of hydrogen-bond acceptors (Lipinski definition) is 4. The van der Waals surface area contributed by atoms with Crippen LogP contribution in [0.3, 0.4) is 0 Å². The molecule has 4 aromatic rings. The Labute approximate surface area is 155 Å². The first-order chi connectivity index (χ1) is 12.7. The zero-order valence-electron chi connectivity index (χ0n) is 13.8. The Bertz CT molecular complexity index is 1140. The van der Waals surface area contributed by atoms with Crippen molar-refractivity contribution >= 4 is 22.6 Å². The summed E-state index contributed by atoms with van der Waals surface area (Å²) in [7, 11) is 1.62. The van der Waals surface area contributed by atoms with E-state index in [-0.39, 0.29) is 0 Å². The van der Waals surface area contributed by atoms with Gasteiger partial charge in [-0.25, -0.2) is 9.97 Å². The minimum Gasteiger partial charge on any atom is -0.497 e. The molecule has 0 N–H and O–H groups in total. The van der Waals surface area contributed by atoms with Gasteiger partial charge in [-0.05, 0) is 36.4 Å². The molecule has 0 saturated heterocycles. The first kappa shape index (κ1) is 16.1. The standard InChI is InChI=1S/C20H13ClN4O/c1-26-17-4-2-3-13(9-17)18-20-19(24-12-23-18)14(10-22)11-25(20)16-7-5-15(21)6-8-16/h2-9,11-12H,1H3. The van der Waals surface area contributed by atoms with E-state index in [0.29, 0.717) is 16.1 Å². The number of hydrogen-bond donors (Lipinski definition) is 0. The highest BCUT2D eigenvalue weighted by molar-refractivity contribution is 6.30. The number of nitriles is 1. The highest BCUT2D eigenvalue weighted by atomic mass is 35.5. The summed E-state index contributed by atoms with van der Waals surface area (Å²) in [5.41, 5.74) is 4.34. The lowest BCUT2D eigenvalue weighted by atomic mass is 10.1. The quantitative estimate of drug-likeness (QED) is 0.534. The molecule has 0 bridgehead atoms. The Morgan fingerprint density at radius 2 is 1.92 bits per heavy atom. The van der Waals surface area contributed by atoms with Gasteiger partial charge in [-0.2, -0.15) is 5.26 Å². The van der Waals surface area contributed by atoms with Crippen molar-refractivity contribution in [2.45, 2.75) is 0 Å². The fourth-order valence-corrected chi connectivity index (χ4v) is 3.05. The van der Waals surface area contributed by atoms with E-state index in [9.17, 15) is 5.26 Å². The molecule has 0 atom stereocenters. The largest absolute Gasteiger partial charge is 0.497 e. The first-order valence-corrected chi connectivity index (χ1v) is 8.25. The van der Waals surface area contributed by atoms with Gasteiger partial charge in [0.2, 0.25) is 0 Å². The van der Waals surface area contributed by atoms with Gasteiger partial charge in [0.05, 0.1) is 23.9 Å². The summed E-state index contributed by atoms with van der Waals surface area (Å²) < 4.78 is 7.24. The van der Waals surface area contributed by atoms with Crippen molar-refractivity contribution in [1.29, 1.82) is 5.26 Å². The molecule has 2 aromatic heterocycles. The third-order valence-corrected chi connectivity index (χ3v) is 4.40. The molecule has 0 radical (unpaired) electrons. The molecule has 6 heteroatoms. The summed E-state index contributed by atoms with van der Waals surface area (Å²) in [5.74, 6) is 0.736. The van der Waals surface area contributed by atoms with Crippen LogP contribution in [-0.2, 0) is 0 Å². The van der Waals surface area contributed by atoms with Crippen LogP contribution < -0.4 is 4.74 Å². The van der Waals surface area contributed by atoms with Crippen LogP contribution in [0.25, 0.3) is 28.0 Å². The number of halogens is 1. The van der Waals surface area contributed by atoms with Crippen molar-refractivity contribution in [1.82, 2.24) is 14.5 Å². The normalized spacial score (nSPS) is 10.7. The van der Waals surface area contributed by atoms with Crippen molar-refractivity contribution in [2.75, 3.05) is 7.11 Å². The van der Waals surface area contributed by atoms with Crippen LogP contribution in [0, 0.1) is 11.3 Å². The SMILES string of the molecule is COc1cccc(-c2ncnc3c(C#N)cn(-c4ccc(Cl)cc4)c23)c1. The monoisotopic (exact) mass is 360 g/mol. The predicted octanol–water partition coefficient (Wildman–Crippen LogP) is 4.62. The van der Waals surface area contributed by atoms with Crippen LogP contribution in [0.4, 0.5) is 0 Å². The number of benzene rings is 2. The molecule has 0 unspecified atom stereocenters. The Balaban J connectivity index is 2.04. The molecule has 126 valence electrons. The summed E-state index contributed by atoms with van der Waals surface area (Å²) in [4.78, 5) is 8.81. The van der Waals surface area contributed by atoms with E-state index in [4.69, 9.17) is 16.3 Å². The third-order valence-electron chi connectivity index (χ3n) is 4.14. The Kier molecular flexibility index (Phi) is 4.04. The number of aromatic nitrogens is 3. The van der Waals surface area contributed by atoms with Crippen LogP contribution in [0.2, 0.25) is 5.02 Å². The molecule has 0 amide bonds. The number of nitrogens with zero attached hydrogens (tertiary/aromatic N) is 4. The number of rotatable bonds is 3. The van der Waals surface area contributed by atoms with Crippen LogP contribution >= 0.6 is 11.6 Å². The molecule has 26 heavy (non-hydrogen) atoms. The van der Waals surface area contributed by atoms with Gasteiger partial charge in [0.1, 0.15) is 23.7 Å². The van der Waals surface area contributed by atoms with Crippen molar-refractivity contribution in [3.05, 3.63) is 71.6 Å². The van der Waals surface area contributed by atoms with E-state index in [2.05, 4.69) is 16.0 Å². The van der Waals surface area contributed by atoms with Crippen LogP contribution in [-0.4, -0.2) is 21.6 Å². The summed E-state index contributed by atoms with van der Waals surface area (Å²) in [6.07, 6.45) is 3.25. The lowest BCUT2D eigenvalue weighted by Crippen LogP contribution is -1.96. The minimum atomic E-state index is 0.487. The van der Waals surface area contributed by atoms with Gasteiger partial charge in [0.15, 0.2) is 0 Å². The Morgan fingerprint density at radius 3 is 2.65 bits per heavy atom. The van der Waals surface area contributed by atoms with E-state index in [0.717, 1.165) is 28.2 Å². The van der Waals surface area contributed by atoms with Gasteiger partial charge in [-0.1, -0.05) is 23.7 Å². The van der Waals surface area contributed by atoms with E-state index in [1.54, 1.807) is 13.3 Å². The zero-order chi connectivity index (χ0) is 18.1. The topological polar surface area (TPSA) is 63.7 Å². The summed E-state index contributed by atoms with van der Waals surface area (Å²) in [5, 5.41) is 10.2. The predicted molar refractivity (Wildman–Crippen MR) is 101 cm³/mol. The third kappa shape index (κ3) is 2.67. The van der Waals surface area contributed by atoms with E-state index < -0.39 is 0 Å². The zero-order valence-corrected chi connectivity index (χ0v) is 14.6. The summed E-state index contributed by atoms with van der Waals surface area (Å²) in [6.45, 7) is 0. The lowest BCUT2D eigenvalue weighted by Gasteiger charge is -2.10. The summed E-state index contributed by atoms with van der Waals surface area (Å²) >= 11 is 6.01. The van der Waals surface area contributed by atoms with Crippen molar-refractivity contribution < 1.29 is 4.74 Å². The fourth-order valence-electron chi connectivity index (χ4n) is 2.93. The maximum atomic E-state index is 9.52. The fraction of sp³-hybridized carbons (Fsp3) is 0.0500. The number of ether oxygens (including phenoxy) is 1. The molecule has 4 rings (SSSR count). The van der Waals surface area contributed by atoms with Crippen LogP contribution in [0.1, 0.15) is 5.56 Å². The molecular weight excluding hydrogens is 348 g/mol. The van der Waals surface area contributed by atoms with Crippen LogP contribution in [0.15, 0.2) is 61.1 Å². The Hall–Kier alpha value is -3.36. The van der Waals surface area contributed by atoms with Crippen molar-refractivity contribution in [3.63, 3.8) is 0 Å². The van der Waals surface area contributed by atoms with Gasteiger partial charge >= 0.3 is 0 Å². The molecule has 5 nitrogen and oxygen atoms in total. The first-order valence-electron chi connectivity index (χ1n) is 7.88. The molecule has 2 aromatic carbocycles. The second-order valence-electron chi connectivity index (χ2n) is 5.65. The lowest BCUT2D eigenvalue weighted by molar-refractivity contribution is 0.415. The van der Waals surface area contributed by atoms with Gasteiger partial charge in [0, 0.05) is 22.5 Å². The van der Waals surface area contributed by atoms with Gasteiger partial charge < -0.3 is 9.30 Å². The van der Waals surface area contributed by atoms with E-state index in [1.165, 1.54) is 6.33 Å². The average Bonchev–Trinajstić information content (AvgIpc) is 3.07. The van der Waals surface area contributed by atoms with Gasteiger partial charge in [-0.3, -0.25) is 0 Å². The average molecular weight is 361 g/mol. The Morgan fingerprint density at radius 1 is 1.12 bits per heavy atom. The van der Waals surface area contributed by atoms with Crippen molar-refractivity contribution in [2.24, 2.45) is 0 Å². The number of methoxy groups -OCH3 is 1. The second-order valence-corrected chi connectivity index (χ2v) is 6.09. The minimum absolute atomic E-state index is 0.487. The molecule has 0 aliphatic rings. The van der Waals surface area contributed by atoms with Gasteiger partial charge in [0.25, 0.3) is 0 Å². The number of fused-ring (bicyclic) bond motifs is 1. The van der Waals surface area contributed by atoms with Crippen LogP contribution in [0.5, 0.6) is 5.75 Å². The second kappa shape index (κ2) is 6.51. The molecule has 0 aliphatic carbocycles.